The van der Waals surface area contributed by atoms with Gasteiger partial charge in [0.15, 0.2) is 5.96 Å². The average Bonchev–Trinajstić information content (AvgIpc) is 3.00. The second-order valence-corrected chi connectivity index (χ2v) is 5.63. The van der Waals surface area contributed by atoms with Crippen LogP contribution in [0.25, 0.3) is 0 Å². The van der Waals surface area contributed by atoms with Gasteiger partial charge in [-0.1, -0.05) is 13.8 Å². The Morgan fingerprint density at radius 2 is 2.13 bits per heavy atom. The number of nitrogens with one attached hydrogen (secondary N) is 2. The number of guanidine groups is 1. The zero-order valence-electron chi connectivity index (χ0n) is 14.6. The van der Waals surface area contributed by atoms with Crippen LogP contribution >= 0.6 is 24.0 Å². The first-order valence-electron chi connectivity index (χ1n) is 8.29. The summed E-state index contributed by atoms with van der Waals surface area (Å²) in [4.78, 5) is 4.57. The van der Waals surface area contributed by atoms with Crippen LogP contribution in [0, 0.1) is 5.92 Å². The molecule has 0 aliphatic rings. The average molecular weight is 437 g/mol. The smallest absolute Gasteiger partial charge is 0.191 e. The molecule has 134 valence electrons. The van der Waals surface area contributed by atoms with Crippen molar-refractivity contribution >= 4 is 29.9 Å². The van der Waals surface area contributed by atoms with Crippen molar-refractivity contribution in [1.82, 2.24) is 20.4 Å². The van der Waals surface area contributed by atoms with Gasteiger partial charge in [0.05, 0.1) is 0 Å². The normalized spacial score (nSPS) is 11.4. The molecule has 0 aliphatic heterocycles. The standard InChI is InChI=1S/C16H31N5O.HI/c1-4-17-16(19-9-7-13-22-14-15(2)3)18-8-5-11-21-12-6-10-20-21;/h6,10,12,15H,4-5,7-9,11,13-14H2,1-3H3,(H2,17,18,19);1H. The predicted octanol–water partition coefficient (Wildman–Crippen LogP) is 2.51. The van der Waals surface area contributed by atoms with Crippen LogP contribution in [-0.4, -0.2) is 48.6 Å². The van der Waals surface area contributed by atoms with E-state index in [4.69, 9.17) is 4.74 Å². The van der Waals surface area contributed by atoms with E-state index in [1.54, 1.807) is 6.20 Å². The lowest BCUT2D eigenvalue weighted by molar-refractivity contribution is 0.108. The Hall–Kier alpha value is -0.830. The number of nitrogens with zero attached hydrogens (tertiary/aromatic N) is 3. The third-order valence-electron chi connectivity index (χ3n) is 2.93. The second kappa shape index (κ2) is 14.7. The molecule has 0 saturated carbocycles. The molecule has 1 aromatic heterocycles. The van der Waals surface area contributed by atoms with Crippen molar-refractivity contribution in [2.45, 2.75) is 40.2 Å². The molecule has 0 aromatic carbocycles. The van der Waals surface area contributed by atoms with Crippen molar-refractivity contribution in [2.75, 3.05) is 32.8 Å². The van der Waals surface area contributed by atoms with E-state index in [-0.39, 0.29) is 24.0 Å². The van der Waals surface area contributed by atoms with Crippen molar-refractivity contribution in [1.29, 1.82) is 0 Å². The third kappa shape index (κ3) is 12.3. The maximum atomic E-state index is 5.57. The summed E-state index contributed by atoms with van der Waals surface area (Å²) < 4.78 is 7.50. The lowest BCUT2D eigenvalue weighted by Gasteiger charge is -2.12. The Labute approximate surface area is 157 Å². The van der Waals surface area contributed by atoms with Gasteiger partial charge in [-0.05, 0) is 31.7 Å². The van der Waals surface area contributed by atoms with Crippen molar-refractivity contribution in [3.05, 3.63) is 18.5 Å². The molecule has 0 spiro atoms. The van der Waals surface area contributed by atoms with Gasteiger partial charge in [0.1, 0.15) is 0 Å². The minimum absolute atomic E-state index is 0. The Kier molecular flexibility index (Phi) is 14.2. The van der Waals surface area contributed by atoms with Gasteiger partial charge in [0.2, 0.25) is 0 Å². The van der Waals surface area contributed by atoms with Crippen LogP contribution in [-0.2, 0) is 11.3 Å². The number of aryl methyl sites for hydroxylation is 1. The van der Waals surface area contributed by atoms with Crippen molar-refractivity contribution in [2.24, 2.45) is 10.9 Å². The quantitative estimate of drug-likeness (QED) is 0.242. The molecule has 0 radical (unpaired) electrons. The molecule has 1 heterocycles. The van der Waals surface area contributed by atoms with Crippen LogP contribution in [0.3, 0.4) is 0 Å². The number of aromatic nitrogens is 2. The highest BCUT2D eigenvalue weighted by Gasteiger charge is 1.98. The van der Waals surface area contributed by atoms with E-state index < -0.39 is 0 Å². The minimum atomic E-state index is 0. The van der Waals surface area contributed by atoms with Crippen LogP contribution in [0.4, 0.5) is 0 Å². The summed E-state index contributed by atoms with van der Waals surface area (Å²) in [5.74, 6) is 1.48. The van der Waals surface area contributed by atoms with Crippen LogP contribution in [0.1, 0.15) is 33.6 Å². The molecule has 23 heavy (non-hydrogen) atoms. The van der Waals surface area contributed by atoms with Gasteiger partial charge >= 0.3 is 0 Å². The van der Waals surface area contributed by atoms with E-state index >= 15 is 0 Å². The molecule has 0 amide bonds. The van der Waals surface area contributed by atoms with Crippen molar-refractivity contribution < 1.29 is 4.74 Å². The van der Waals surface area contributed by atoms with E-state index in [0.29, 0.717) is 5.92 Å². The zero-order valence-corrected chi connectivity index (χ0v) is 17.0. The number of hydrogen-bond donors (Lipinski definition) is 2. The summed E-state index contributed by atoms with van der Waals surface area (Å²) in [5, 5.41) is 10.8. The lowest BCUT2D eigenvalue weighted by atomic mass is 10.2. The molecule has 0 bridgehead atoms. The maximum Gasteiger partial charge on any atom is 0.191 e. The first-order valence-corrected chi connectivity index (χ1v) is 8.29. The highest BCUT2D eigenvalue weighted by atomic mass is 127. The zero-order chi connectivity index (χ0) is 16.0. The van der Waals surface area contributed by atoms with Gasteiger partial charge in [-0.2, -0.15) is 5.10 Å². The van der Waals surface area contributed by atoms with Crippen LogP contribution in [0.5, 0.6) is 0 Å². The Morgan fingerprint density at radius 3 is 2.78 bits per heavy atom. The summed E-state index contributed by atoms with van der Waals surface area (Å²) in [6, 6.07) is 1.94. The van der Waals surface area contributed by atoms with Gasteiger partial charge in [-0.15, -0.1) is 24.0 Å². The molecule has 7 heteroatoms. The third-order valence-corrected chi connectivity index (χ3v) is 2.93. The topological polar surface area (TPSA) is 63.5 Å². The number of ether oxygens (including phenoxy) is 1. The fraction of sp³-hybridized carbons (Fsp3) is 0.750. The largest absolute Gasteiger partial charge is 0.381 e. The first kappa shape index (κ1) is 22.2. The summed E-state index contributed by atoms with van der Waals surface area (Å²) in [6.07, 6.45) is 5.75. The van der Waals surface area contributed by atoms with E-state index in [1.165, 1.54) is 0 Å². The molecular weight excluding hydrogens is 405 g/mol. The minimum Gasteiger partial charge on any atom is -0.381 e. The number of hydrogen-bond acceptors (Lipinski definition) is 3. The van der Waals surface area contributed by atoms with Gasteiger partial charge in [0.25, 0.3) is 0 Å². The number of halogens is 1. The maximum absolute atomic E-state index is 5.57. The monoisotopic (exact) mass is 437 g/mol. The van der Waals surface area contributed by atoms with Crippen LogP contribution < -0.4 is 10.6 Å². The summed E-state index contributed by atoms with van der Waals surface area (Å²) >= 11 is 0. The molecule has 0 unspecified atom stereocenters. The number of aliphatic imine (C=N–C) groups is 1. The van der Waals surface area contributed by atoms with E-state index in [9.17, 15) is 0 Å². The molecule has 6 nitrogen and oxygen atoms in total. The molecule has 1 rings (SSSR count). The molecule has 0 fully saturated rings. The number of rotatable bonds is 11. The van der Waals surface area contributed by atoms with Crippen molar-refractivity contribution in [3.63, 3.8) is 0 Å². The predicted molar refractivity (Wildman–Crippen MR) is 107 cm³/mol. The molecule has 1 aromatic rings. The highest BCUT2D eigenvalue weighted by molar-refractivity contribution is 14.0. The fourth-order valence-corrected chi connectivity index (χ4v) is 1.90. The van der Waals surface area contributed by atoms with E-state index in [0.717, 1.165) is 58.2 Å². The molecule has 2 N–H and O–H groups in total. The summed E-state index contributed by atoms with van der Waals surface area (Å²) in [5.41, 5.74) is 0. The van der Waals surface area contributed by atoms with Gasteiger partial charge in [0, 0.05) is 51.8 Å². The first-order chi connectivity index (χ1) is 10.7. The summed E-state index contributed by atoms with van der Waals surface area (Å²) in [7, 11) is 0. The van der Waals surface area contributed by atoms with Gasteiger partial charge in [-0.25, -0.2) is 0 Å². The van der Waals surface area contributed by atoms with Crippen molar-refractivity contribution in [3.8, 4) is 0 Å². The van der Waals surface area contributed by atoms with Gasteiger partial charge < -0.3 is 15.4 Å². The SMILES string of the molecule is CCNC(=NCCCn1cccn1)NCCCOCC(C)C.I. The Bertz CT molecular complexity index is 395. The van der Waals surface area contributed by atoms with Gasteiger partial charge in [-0.3, -0.25) is 9.67 Å². The fourth-order valence-electron chi connectivity index (χ4n) is 1.90. The molecule has 0 atom stereocenters. The van der Waals surface area contributed by atoms with E-state index in [1.807, 2.05) is 16.9 Å². The van der Waals surface area contributed by atoms with Crippen LogP contribution in [0.2, 0.25) is 0 Å². The molecule has 0 saturated heterocycles. The van der Waals surface area contributed by atoms with Crippen LogP contribution in [0.15, 0.2) is 23.5 Å². The highest BCUT2D eigenvalue weighted by Crippen LogP contribution is 1.93. The Balaban J connectivity index is 0.00000484. The molecule has 0 aliphatic carbocycles. The second-order valence-electron chi connectivity index (χ2n) is 5.63. The lowest BCUT2D eigenvalue weighted by Crippen LogP contribution is -2.38. The van der Waals surface area contributed by atoms with E-state index in [2.05, 4.69) is 41.5 Å². The Morgan fingerprint density at radius 1 is 1.30 bits per heavy atom. The molecular formula is C16H32IN5O. The summed E-state index contributed by atoms with van der Waals surface area (Å²) in [6.45, 7) is 11.5.